The third kappa shape index (κ3) is 4.29. The fourth-order valence-corrected chi connectivity index (χ4v) is 2.09. The fraction of sp³-hybridized carbons (Fsp3) is 0.235. The highest BCUT2D eigenvalue weighted by Crippen LogP contribution is 2.29. The van der Waals surface area contributed by atoms with Gasteiger partial charge in [-0.2, -0.15) is 0 Å². The van der Waals surface area contributed by atoms with E-state index in [1.54, 1.807) is 39.5 Å². The van der Waals surface area contributed by atoms with E-state index in [0.717, 1.165) is 5.69 Å². The lowest BCUT2D eigenvalue weighted by Gasteiger charge is -2.12. The lowest BCUT2D eigenvalue weighted by atomic mass is 10.2. The summed E-state index contributed by atoms with van der Waals surface area (Å²) in [6.07, 6.45) is 0. The molecule has 2 rings (SSSR count). The second-order valence-electron chi connectivity index (χ2n) is 4.67. The topological polar surface area (TPSA) is 68.8 Å². The van der Waals surface area contributed by atoms with E-state index in [1.165, 1.54) is 0 Å². The maximum absolute atomic E-state index is 12.1. The van der Waals surface area contributed by atoms with Crippen LogP contribution in [0.3, 0.4) is 0 Å². The van der Waals surface area contributed by atoms with Crippen molar-refractivity contribution in [1.29, 1.82) is 0 Å². The van der Waals surface area contributed by atoms with Gasteiger partial charge in [-0.25, -0.2) is 0 Å². The van der Waals surface area contributed by atoms with Gasteiger partial charge in [0.2, 0.25) is 5.91 Å². The zero-order valence-corrected chi connectivity index (χ0v) is 13.4. The number of nitrogens with one attached hydrogen (secondary N) is 2. The van der Waals surface area contributed by atoms with Gasteiger partial charge in [-0.15, -0.1) is 0 Å². The van der Waals surface area contributed by atoms with Gasteiger partial charge >= 0.3 is 0 Å². The van der Waals surface area contributed by atoms with Crippen molar-refractivity contribution < 1.29 is 19.0 Å². The highest BCUT2D eigenvalue weighted by Gasteiger charge is 2.08. The van der Waals surface area contributed by atoms with Gasteiger partial charge in [-0.1, -0.05) is 12.1 Å². The van der Waals surface area contributed by atoms with Gasteiger partial charge < -0.3 is 24.8 Å². The van der Waals surface area contributed by atoms with Gasteiger partial charge in [0.05, 0.1) is 33.6 Å². The Morgan fingerprint density at radius 2 is 1.61 bits per heavy atom. The first-order chi connectivity index (χ1) is 11.2. The van der Waals surface area contributed by atoms with Crippen LogP contribution in [0.4, 0.5) is 11.4 Å². The number of benzene rings is 2. The average molecular weight is 316 g/mol. The molecule has 2 aromatic carbocycles. The molecule has 0 saturated heterocycles. The van der Waals surface area contributed by atoms with Gasteiger partial charge in [0.25, 0.3) is 0 Å². The molecule has 0 saturated carbocycles. The van der Waals surface area contributed by atoms with Crippen LogP contribution in [0.25, 0.3) is 0 Å². The zero-order chi connectivity index (χ0) is 16.7. The van der Waals surface area contributed by atoms with Crippen molar-refractivity contribution in [3.63, 3.8) is 0 Å². The molecule has 122 valence electrons. The highest BCUT2D eigenvalue weighted by molar-refractivity contribution is 5.94. The van der Waals surface area contributed by atoms with Crippen LogP contribution in [0, 0.1) is 0 Å². The van der Waals surface area contributed by atoms with Crippen LogP contribution in [0.2, 0.25) is 0 Å². The predicted octanol–water partition coefficient (Wildman–Crippen LogP) is 2.76. The molecule has 0 aromatic heterocycles. The molecular weight excluding hydrogens is 296 g/mol. The van der Waals surface area contributed by atoms with E-state index in [4.69, 9.17) is 14.2 Å². The van der Waals surface area contributed by atoms with E-state index in [1.807, 2.05) is 24.3 Å². The normalized spacial score (nSPS) is 9.87. The quantitative estimate of drug-likeness (QED) is 0.822. The minimum Gasteiger partial charge on any atom is -0.495 e. The monoisotopic (exact) mass is 316 g/mol. The highest BCUT2D eigenvalue weighted by atomic mass is 16.5. The largest absolute Gasteiger partial charge is 0.495 e. The second kappa shape index (κ2) is 7.93. The Kier molecular flexibility index (Phi) is 5.68. The molecular formula is C17H20N2O4. The molecule has 0 aliphatic heterocycles. The molecule has 0 atom stereocenters. The number of para-hydroxylation sites is 2. The number of hydrogen-bond acceptors (Lipinski definition) is 5. The maximum atomic E-state index is 12.1. The smallest absolute Gasteiger partial charge is 0.243 e. The lowest BCUT2D eigenvalue weighted by molar-refractivity contribution is -0.114. The Morgan fingerprint density at radius 1 is 0.913 bits per heavy atom. The first kappa shape index (κ1) is 16.5. The Labute approximate surface area is 135 Å². The van der Waals surface area contributed by atoms with Crippen molar-refractivity contribution in [3.8, 4) is 17.2 Å². The summed E-state index contributed by atoms with van der Waals surface area (Å²) in [6.45, 7) is 0.120. The molecule has 0 aliphatic carbocycles. The van der Waals surface area contributed by atoms with Gasteiger partial charge in [0, 0.05) is 11.8 Å². The fourth-order valence-electron chi connectivity index (χ4n) is 2.09. The molecule has 0 aliphatic rings. The summed E-state index contributed by atoms with van der Waals surface area (Å²) in [4.78, 5) is 12.1. The van der Waals surface area contributed by atoms with E-state index in [2.05, 4.69) is 10.6 Å². The molecule has 0 spiro atoms. The molecule has 0 bridgehead atoms. The van der Waals surface area contributed by atoms with Crippen LogP contribution in [0.5, 0.6) is 17.2 Å². The van der Waals surface area contributed by atoms with Crippen LogP contribution in [-0.4, -0.2) is 33.8 Å². The third-order valence-electron chi connectivity index (χ3n) is 3.21. The average Bonchev–Trinajstić information content (AvgIpc) is 2.60. The van der Waals surface area contributed by atoms with Crippen LogP contribution >= 0.6 is 0 Å². The van der Waals surface area contributed by atoms with Crippen molar-refractivity contribution in [2.75, 3.05) is 38.5 Å². The summed E-state index contributed by atoms with van der Waals surface area (Å²) in [5.74, 6) is 1.68. The summed E-state index contributed by atoms with van der Waals surface area (Å²) in [5.41, 5.74) is 1.40. The Morgan fingerprint density at radius 3 is 2.30 bits per heavy atom. The molecule has 0 radical (unpaired) electrons. The molecule has 6 nitrogen and oxygen atoms in total. The predicted molar refractivity (Wildman–Crippen MR) is 89.7 cm³/mol. The maximum Gasteiger partial charge on any atom is 0.243 e. The number of carbonyl (C=O) groups is 1. The number of anilines is 2. The molecule has 0 unspecified atom stereocenters. The molecule has 1 amide bonds. The number of methoxy groups -OCH3 is 3. The number of ether oxygens (including phenoxy) is 3. The van der Waals surface area contributed by atoms with Crippen molar-refractivity contribution in [2.45, 2.75) is 0 Å². The van der Waals surface area contributed by atoms with E-state index in [9.17, 15) is 4.79 Å². The molecule has 6 heteroatoms. The molecule has 2 N–H and O–H groups in total. The van der Waals surface area contributed by atoms with Gasteiger partial charge in [-0.05, 0) is 24.3 Å². The first-order valence-corrected chi connectivity index (χ1v) is 7.06. The number of carbonyl (C=O) groups excluding carboxylic acids is 1. The SMILES string of the molecule is COc1ccccc1NCC(=O)Nc1ccc(OC)c(OC)c1. The summed E-state index contributed by atoms with van der Waals surface area (Å²) < 4.78 is 15.6. The minimum absolute atomic E-state index is 0.120. The van der Waals surface area contributed by atoms with Crippen molar-refractivity contribution in [3.05, 3.63) is 42.5 Å². The van der Waals surface area contributed by atoms with Crippen LogP contribution in [-0.2, 0) is 4.79 Å². The number of rotatable bonds is 7. The molecule has 2 aromatic rings. The van der Waals surface area contributed by atoms with E-state index < -0.39 is 0 Å². The van der Waals surface area contributed by atoms with Crippen LogP contribution in [0.15, 0.2) is 42.5 Å². The van der Waals surface area contributed by atoms with E-state index in [0.29, 0.717) is 22.9 Å². The Hall–Kier alpha value is -2.89. The zero-order valence-electron chi connectivity index (χ0n) is 13.4. The number of amides is 1. The Balaban J connectivity index is 1.97. The van der Waals surface area contributed by atoms with Gasteiger partial charge in [0.15, 0.2) is 11.5 Å². The van der Waals surface area contributed by atoms with Crippen molar-refractivity contribution in [2.24, 2.45) is 0 Å². The van der Waals surface area contributed by atoms with E-state index >= 15 is 0 Å². The van der Waals surface area contributed by atoms with Crippen molar-refractivity contribution in [1.82, 2.24) is 0 Å². The molecule has 23 heavy (non-hydrogen) atoms. The lowest BCUT2D eigenvalue weighted by Crippen LogP contribution is -2.22. The summed E-state index contributed by atoms with van der Waals surface area (Å²) in [7, 11) is 4.70. The standard InChI is InChI=1S/C17H20N2O4/c1-21-14-7-5-4-6-13(14)18-11-17(20)19-12-8-9-15(22-2)16(10-12)23-3/h4-10,18H,11H2,1-3H3,(H,19,20). The Bertz CT molecular complexity index is 673. The summed E-state index contributed by atoms with van der Waals surface area (Å²) in [6, 6.07) is 12.6. The third-order valence-corrected chi connectivity index (χ3v) is 3.21. The van der Waals surface area contributed by atoms with E-state index in [-0.39, 0.29) is 12.5 Å². The first-order valence-electron chi connectivity index (χ1n) is 7.06. The van der Waals surface area contributed by atoms with Crippen LogP contribution in [0.1, 0.15) is 0 Å². The van der Waals surface area contributed by atoms with Crippen molar-refractivity contribution >= 4 is 17.3 Å². The summed E-state index contributed by atoms with van der Waals surface area (Å²) in [5, 5.41) is 5.84. The molecule has 0 heterocycles. The minimum atomic E-state index is -0.178. The number of hydrogen-bond donors (Lipinski definition) is 2. The van der Waals surface area contributed by atoms with Crippen LogP contribution < -0.4 is 24.8 Å². The van der Waals surface area contributed by atoms with Gasteiger partial charge in [-0.3, -0.25) is 4.79 Å². The summed E-state index contributed by atoms with van der Waals surface area (Å²) >= 11 is 0. The molecule has 0 fully saturated rings. The van der Waals surface area contributed by atoms with Gasteiger partial charge in [0.1, 0.15) is 5.75 Å². The second-order valence-corrected chi connectivity index (χ2v) is 4.67.